The number of halogens is 2. The number of rotatable bonds is 9. The zero-order chi connectivity index (χ0) is 14.1. The van der Waals surface area contributed by atoms with Crippen LogP contribution in [0.3, 0.4) is 0 Å². The molecule has 0 aromatic heterocycles. The van der Waals surface area contributed by atoms with Crippen LogP contribution >= 0.6 is 31.9 Å². The number of hydrogen-bond donors (Lipinski definition) is 1. The lowest BCUT2D eigenvalue weighted by atomic mass is 10.00. The van der Waals surface area contributed by atoms with Crippen LogP contribution in [-0.2, 0) is 0 Å². The van der Waals surface area contributed by atoms with Gasteiger partial charge in [0, 0.05) is 15.0 Å². The van der Waals surface area contributed by atoms with Crippen molar-refractivity contribution < 1.29 is 0 Å². The summed E-state index contributed by atoms with van der Waals surface area (Å²) >= 11 is 7.13. The van der Waals surface area contributed by atoms with Gasteiger partial charge < -0.3 is 5.32 Å². The quantitative estimate of drug-likeness (QED) is 0.404. The van der Waals surface area contributed by atoms with E-state index in [2.05, 4.69) is 68.9 Å². The SMILES string of the molecule is C=CCCCCCC(NCC)c1cc(Br)cc(Br)c1. The topological polar surface area (TPSA) is 12.0 Å². The summed E-state index contributed by atoms with van der Waals surface area (Å²) in [6.07, 6.45) is 8.12. The number of hydrogen-bond acceptors (Lipinski definition) is 1. The highest BCUT2D eigenvalue weighted by atomic mass is 79.9. The third-order valence-electron chi connectivity index (χ3n) is 3.14. The van der Waals surface area contributed by atoms with Crippen molar-refractivity contribution >= 4 is 31.9 Å². The molecule has 0 aliphatic heterocycles. The van der Waals surface area contributed by atoms with Gasteiger partial charge >= 0.3 is 0 Å². The largest absolute Gasteiger partial charge is 0.310 e. The normalized spacial score (nSPS) is 12.4. The second kappa shape index (κ2) is 9.73. The molecule has 3 heteroatoms. The first-order valence-corrected chi connectivity index (χ1v) is 8.56. The van der Waals surface area contributed by atoms with Crippen LogP contribution in [0.1, 0.15) is 50.6 Å². The zero-order valence-corrected chi connectivity index (χ0v) is 14.8. The third kappa shape index (κ3) is 6.73. The van der Waals surface area contributed by atoms with E-state index in [1.807, 2.05) is 6.08 Å². The molecule has 1 nitrogen and oxygen atoms in total. The lowest BCUT2D eigenvalue weighted by Crippen LogP contribution is -2.20. The first-order chi connectivity index (χ1) is 9.17. The van der Waals surface area contributed by atoms with Gasteiger partial charge in [-0.3, -0.25) is 0 Å². The highest BCUT2D eigenvalue weighted by molar-refractivity contribution is 9.11. The Morgan fingerprint density at radius 2 is 1.84 bits per heavy atom. The molecule has 1 aromatic rings. The van der Waals surface area contributed by atoms with E-state index in [1.165, 1.54) is 31.2 Å². The maximum atomic E-state index is 3.77. The maximum Gasteiger partial charge on any atom is 0.0320 e. The zero-order valence-electron chi connectivity index (χ0n) is 11.6. The van der Waals surface area contributed by atoms with E-state index in [0.29, 0.717) is 6.04 Å². The Morgan fingerprint density at radius 1 is 1.16 bits per heavy atom. The average molecular weight is 389 g/mol. The Labute approximate surface area is 134 Å². The van der Waals surface area contributed by atoms with Gasteiger partial charge in [-0.1, -0.05) is 57.7 Å². The van der Waals surface area contributed by atoms with E-state index >= 15 is 0 Å². The van der Waals surface area contributed by atoms with Gasteiger partial charge in [-0.2, -0.15) is 0 Å². The molecule has 19 heavy (non-hydrogen) atoms. The molecule has 1 aromatic carbocycles. The maximum absolute atomic E-state index is 3.77. The monoisotopic (exact) mass is 387 g/mol. The summed E-state index contributed by atoms with van der Waals surface area (Å²) in [4.78, 5) is 0. The van der Waals surface area contributed by atoms with Crippen LogP contribution in [0.5, 0.6) is 0 Å². The molecule has 0 bridgehead atoms. The number of nitrogens with one attached hydrogen (secondary N) is 1. The lowest BCUT2D eigenvalue weighted by molar-refractivity contribution is 0.483. The number of unbranched alkanes of at least 4 members (excludes halogenated alkanes) is 3. The van der Waals surface area contributed by atoms with Crippen LogP contribution in [0, 0.1) is 0 Å². The third-order valence-corrected chi connectivity index (χ3v) is 4.05. The summed E-state index contributed by atoms with van der Waals surface area (Å²) in [6, 6.07) is 6.95. The molecule has 0 heterocycles. The van der Waals surface area contributed by atoms with E-state index in [4.69, 9.17) is 0 Å². The molecule has 0 aliphatic carbocycles. The smallest absolute Gasteiger partial charge is 0.0320 e. The van der Waals surface area contributed by atoms with E-state index in [-0.39, 0.29) is 0 Å². The first kappa shape index (κ1) is 16.9. The molecular weight excluding hydrogens is 366 g/mol. The van der Waals surface area contributed by atoms with E-state index in [9.17, 15) is 0 Å². The molecule has 1 atom stereocenters. The van der Waals surface area contributed by atoms with Crippen LogP contribution in [0.4, 0.5) is 0 Å². The van der Waals surface area contributed by atoms with Crippen molar-refractivity contribution in [3.63, 3.8) is 0 Å². The second-order valence-corrected chi connectivity index (χ2v) is 6.57. The fraction of sp³-hybridized carbons (Fsp3) is 0.500. The fourth-order valence-electron chi connectivity index (χ4n) is 2.22. The highest BCUT2D eigenvalue weighted by Crippen LogP contribution is 2.27. The molecule has 0 spiro atoms. The van der Waals surface area contributed by atoms with Crippen molar-refractivity contribution in [2.24, 2.45) is 0 Å². The minimum Gasteiger partial charge on any atom is -0.310 e. The van der Waals surface area contributed by atoms with Gasteiger partial charge in [0.15, 0.2) is 0 Å². The molecule has 1 rings (SSSR count). The number of benzene rings is 1. The van der Waals surface area contributed by atoms with Gasteiger partial charge in [0.1, 0.15) is 0 Å². The van der Waals surface area contributed by atoms with Crippen molar-refractivity contribution in [1.29, 1.82) is 0 Å². The van der Waals surface area contributed by atoms with Crippen molar-refractivity contribution in [3.05, 3.63) is 45.4 Å². The average Bonchev–Trinajstić information content (AvgIpc) is 2.36. The van der Waals surface area contributed by atoms with Crippen molar-refractivity contribution in [3.8, 4) is 0 Å². The molecular formula is C16H23Br2N. The molecule has 0 fully saturated rings. The Bertz CT molecular complexity index is 370. The van der Waals surface area contributed by atoms with Crippen LogP contribution in [-0.4, -0.2) is 6.54 Å². The predicted octanol–water partition coefficient (Wildman–Crippen LogP) is 6.00. The van der Waals surface area contributed by atoms with Gasteiger partial charge in [-0.05, 0) is 49.6 Å². The predicted molar refractivity (Wildman–Crippen MR) is 91.5 cm³/mol. The number of allylic oxidation sites excluding steroid dienone is 1. The van der Waals surface area contributed by atoms with Gasteiger partial charge in [0.05, 0.1) is 0 Å². The van der Waals surface area contributed by atoms with Gasteiger partial charge in [-0.25, -0.2) is 0 Å². The lowest BCUT2D eigenvalue weighted by Gasteiger charge is -2.19. The Morgan fingerprint density at radius 3 is 2.42 bits per heavy atom. The van der Waals surface area contributed by atoms with Gasteiger partial charge in [-0.15, -0.1) is 6.58 Å². The van der Waals surface area contributed by atoms with Crippen molar-refractivity contribution in [2.75, 3.05) is 6.54 Å². The molecule has 0 saturated carbocycles. The Balaban J connectivity index is 2.57. The standard InChI is InChI=1S/C16H23Br2N/c1-3-5-6-7-8-9-16(19-4-2)13-10-14(17)12-15(18)11-13/h3,10-12,16,19H,1,4-9H2,2H3. The molecule has 106 valence electrons. The molecule has 0 amide bonds. The molecule has 1 N–H and O–H groups in total. The van der Waals surface area contributed by atoms with Crippen LogP contribution in [0.2, 0.25) is 0 Å². The van der Waals surface area contributed by atoms with Gasteiger partial charge in [0.2, 0.25) is 0 Å². The van der Waals surface area contributed by atoms with Crippen LogP contribution in [0.15, 0.2) is 39.8 Å². The fourth-order valence-corrected chi connectivity index (χ4v) is 3.55. The molecule has 0 aliphatic rings. The first-order valence-electron chi connectivity index (χ1n) is 6.97. The summed E-state index contributed by atoms with van der Waals surface area (Å²) in [5.74, 6) is 0. The second-order valence-electron chi connectivity index (χ2n) is 4.74. The molecule has 0 radical (unpaired) electrons. The Hall–Kier alpha value is -0.120. The summed E-state index contributed by atoms with van der Waals surface area (Å²) in [5, 5.41) is 3.58. The summed E-state index contributed by atoms with van der Waals surface area (Å²) in [5.41, 5.74) is 1.35. The molecule has 1 unspecified atom stereocenters. The van der Waals surface area contributed by atoms with E-state index < -0.39 is 0 Å². The van der Waals surface area contributed by atoms with Crippen molar-refractivity contribution in [1.82, 2.24) is 5.32 Å². The highest BCUT2D eigenvalue weighted by Gasteiger charge is 2.11. The van der Waals surface area contributed by atoms with Gasteiger partial charge in [0.25, 0.3) is 0 Å². The van der Waals surface area contributed by atoms with Crippen molar-refractivity contribution in [2.45, 2.75) is 45.1 Å². The summed E-state index contributed by atoms with van der Waals surface area (Å²) in [6.45, 7) is 6.93. The van der Waals surface area contributed by atoms with Crippen LogP contribution < -0.4 is 5.32 Å². The Kier molecular flexibility index (Phi) is 8.67. The minimum atomic E-state index is 0.447. The van der Waals surface area contributed by atoms with Crippen LogP contribution in [0.25, 0.3) is 0 Å². The van der Waals surface area contributed by atoms with E-state index in [1.54, 1.807) is 0 Å². The van der Waals surface area contributed by atoms with E-state index in [0.717, 1.165) is 21.9 Å². The summed E-state index contributed by atoms with van der Waals surface area (Å²) < 4.78 is 2.26. The summed E-state index contributed by atoms with van der Waals surface area (Å²) in [7, 11) is 0. The molecule has 0 saturated heterocycles. The minimum absolute atomic E-state index is 0.447.